The van der Waals surface area contributed by atoms with E-state index in [9.17, 15) is 14.9 Å². The van der Waals surface area contributed by atoms with Gasteiger partial charge in [0.1, 0.15) is 5.75 Å². The zero-order chi connectivity index (χ0) is 23.6. The molecule has 0 aromatic heterocycles. The Hall–Kier alpha value is -3.42. The lowest BCUT2D eigenvalue weighted by atomic mass is 9.94. The minimum absolute atomic E-state index is 0.0105. The lowest BCUT2D eigenvalue weighted by Gasteiger charge is -2.29. The first kappa shape index (κ1) is 24.2. The van der Waals surface area contributed by atoms with Crippen LogP contribution in [0.2, 0.25) is 0 Å². The van der Waals surface area contributed by atoms with E-state index in [2.05, 4.69) is 29.3 Å². The Morgan fingerprint density at radius 2 is 1.85 bits per heavy atom. The highest BCUT2D eigenvalue weighted by molar-refractivity contribution is 5.90. The van der Waals surface area contributed by atoms with Gasteiger partial charge in [-0.1, -0.05) is 26.0 Å². The van der Waals surface area contributed by atoms with Crippen LogP contribution in [0, 0.1) is 10.1 Å². The number of nitrogens with one attached hydrogen (secondary N) is 1. The number of piperidine rings is 1. The van der Waals surface area contributed by atoms with Crippen LogP contribution in [0.5, 0.6) is 5.75 Å². The molecule has 1 heterocycles. The second-order valence-electron chi connectivity index (χ2n) is 8.21. The smallest absolute Gasteiger partial charge is 0.277 e. The second-order valence-corrected chi connectivity index (χ2v) is 8.21. The van der Waals surface area contributed by atoms with Gasteiger partial charge in [-0.25, -0.2) is 5.43 Å². The summed E-state index contributed by atoms with van der Waals surface area (Å²) in [7, 11) is 0. The van der Waals surface area contributed by atoms with E-state index in [1.807, 2.05) is 24.3 Å². The summed E-state index contributed by atoms with van der Waals surface area (Å²) in [5.74, 6) is 0.746. The molecule has 1 aliphatic rings. The van der Waals surface area contributed by atoms with Gasteiger partial charge in [-0.2, -0.15) is 5.10 Å². The van der Waals surface area contributed by atoms with E-state index < -0.39 is 10.8 Å². The molecule has 0 atom stereocenters. The number of anilines is 1. The van der Waals surface area contributed by atoms with Crippen LogP contribution < -0.4 is 15.1 Å². The molecule has 8 heteroatoms. The summed E-state index contributed by atoms with van der Waals surface area (Å²) >= 11 is 0. The van der Waals surface area contributed by atoms with Crippen LogP contribution in [0.1, 0.15) is 63.0 Å². The molecule has 0 saturated carbocycles. The van der Waals surface area contributed by atoms with E-state index in [0.717, 1.165) is 44.5 Å². The van der Waals surface area contributed by atoms with Gasteiger partial charge in [-0.3, -0.25) is 14.9 Å². The Morgan fingerprint density at radius 3 is 2.48 bits per heavy atom. The topological polar surface area (TPSA) is 97.1 Å². The van der Waals surface area contributed by atoms with Crippen LogP contribution in [0.4, 0.5) is 11.4 Å². The molecule has 0 aliphatic carbocycles. The normalized spacial score (nSPS) is 14.0. The molecule has 1 amide bonds. The van der Waals surface area contributed by atoms with Crippen LogP contribution in [0.25, 0.3) is 0 Å². The minimum atomic E-state index is -0.432. The van der Waals surface area contributed by atoms with Crippen molar-refractivity contribution in [2.24, 2.45) is 5.10 Å². The number of ether oxygens (including phenoxy) is 1. The third-order valence-corrected chi connectivity index (χ3v) is 6.02. The lowest BCUT2D eigenvalue weighted by Crippen LogP contribution is -2.30. The monoisotopic (exact) mass is 452 g/mol. The largest absolute Gasteiger partial charge is 0.484 e. The third kappa shape index (κ3) is 6.78. The summed E-state index contributed by atoms with van der Waals surface area (Å²) < 4.78 is 5.56. The first-order valence-corrected chi connectivity index (χ1v) is 11.6. The molecule has 1 saturated heterocycles. The molecular formula is C25H32N4O4. The number of non-ortho nitro benzene ring substituents is 1. The van der Waals surface area contributed by atoms with Crippen LogP contribution in [0.15, 0.2) is 47.6 Å². The molecule has 3 rings (SSSR count). The molecule has 176 valence electrons. The number of nitro groups is 1. The Kier molecular flexibility index (Phi) is 8.80. The molecule has 1 N–H and O–H groups in total. The predicted octanol–water partition coefficient (Wildman–Crippen LogP) is 5.02. The van der Waals surface area contributed by atoms with Crippen LogP contribution in [0.3, 0.4) is 0 Å². The maximum atomic E-state index is 12.2. The molecule has 8 nitrogen and oxygen atoms in total. The number of amides is 1. The lowest BCUT2D eigenvalue weighted by molar-refractivity contribution is -0.384. The van der Waals surface area contributed by atoms with Gasteiger partial charge >= 0.3 is 0 Å². The number of benzene rings is 2. The van der Waals surface area contributed by atoms with Crippen molar-refractivity contribution in [1.82, 2.24) is 5.43 Å². The average molecular weight is 453 g/mol. The van der Waals surface area contributed by atoms with E-state index >= 15 is 0 Å². The fourth-order valence-corrected chi connectivity index (χ4v) is 4.13. The van der Waals surface area contributed by atoms with Crippen LogP contribution >= 0.6 is 0 Å². The summed E-state index contributed by atoms with van der Waals surface area (Å²) in [6, 6.07) is 12.6. The van der Waals surface area contributed by atoms with E-state index in [1.54, 1.807) is 6.07 Å². The van der Waals surface area contributed by atoms with E-state index in [0.29, 0.717) is 17.2 Å². The molecule has 0 unspecified atom stereocenters. The van der Waals surface area contributed by atoms with Crippen molar-refractivity contribution < 1.29 is 14.5 Å². The van der Waals surface area contributed by atoms with E-state index in [-0.39, 0.29) is 12.3 Å². The summed E-state index contributed by atoms with van der Waals surface area (Å²) in [5.41, 5.74) is 5.18. The SMILES string of the molecule is CCC(CC)c1ccc(OCC(=O)NN=Cc2cc([N+](=O)[O-])ccc2N2CCCCC2)cc1. The van der Waals surface area contributed by atoms with Crippen molar-refractivity contribution in [2.75, 3.05) is 24.6 Å². The summed E-state index contributed by atoms with van der Waals surface area (Å²) in [5, 5.41) is 15.2. The Morgan fingerprint density at radius 1 is 1.15 bits per heavy atom. The molecule has 2 aromatic rings. The number of nitro benzene ring substituents is 1. The number of carbonyl (C=O) groups is 1. The van der Waals surface area contributed by atoms with E-state index in [4.69, 9.17) is 4.74 Å². The van der Waals surface area contributed by atoms with Crippen molar-refractivity contribution >= 4 is 23.5 Å². The number of hydrogen-bond donors (Lipinski definition) is 1. The molecule has 0 spiro atoms. The van der Waals surface area contributed by atoms with Crippen LogP contribution in [-0.4, -0.2) is 36.7 Å². The third-order valence-electron chi connectivity index (χ3n) is 6.02. The summed E-state index contributed by atoms with van der Waals surface area (Å²) in [6.07, 6.45) is 6.98. The molecular weight excluding hydrogens is 420 g/mol. The van der Waals surface area contributed by atoms with Gasteiger partial charge in [0.2, 0.25) is 0 Å². The highest BCUT2D eigenvalue weighted by Crippen LogP contribution is 2.27. The second kappa shape index (κ2) is 12.0. The quantitative estimate of drug-likeness (QED) is 0.310. The molecule has 33 heavy (non-hydrogen) atoms. The fraction of sp³-hybridized carbons (Fsp3) is 0.440. The van der Waals surface area contributed by atoms with Gasteiger partial charge in [0.25, 0.3) is 11.6 Å². The van der Waals surface area contributed by atoms with Gasteiger partial charge in [0.15, 0.2) is 6.61 Å². The summed E-state index contributed by atoms with van der Waals surface area (Å²) in [4.78, 5) is 25.1. The molecule has 0 bridgehead atoms. The standard InChI is InChI=1S/C25H32N4O4/c1-3-19(4-2)20-8-11-23(12-9-20)33-18-25(30)27-26-17-21-16-22(29(31)32)10-13-24(21)28-14-6-5-7-15-28/h8-13,16-17,19H,3-7,14-15,18H2,1-2H3,(H,27,30). The predicted molar refractivity (Wildman–Crippen MR) is 130 cm³/mol. The maximum Gasteiger partial charge on any atom is 0.277 e. The van der Waals surface area contributed by atoms with Crippen LogP contribution in [-0.2, 0) is 4.79 Å². The minimum Gasteiger partial charge on any atom is -0.484 e. The summed E-state index contributed by atoms with van der Waals surface area (Å²) in [6.45, 7) is 5.97. The molecule has 0 radical (unpaired) electrons. The van der Waals surface area contributed by atoms with Crippen molar-refractivity contribution in [3.8, 4) is 5.75 Å². The van der Waals surface area contributed by atoms with E-state index in [1.165, 1.54) is 30.3 Å². The first-order valence-electron chi connectivity index (χ1n) is 11.6. The van der Waals surface area contributed by atoms with Crippen molar-refractivity contribution in [3.63, 3.8) is 0 Å². The number of rotatable bonds is 10. The van der Waals surface area contributed by atoms with Gasteiger partial charge in [0, 0.05) is 36.5 Å². The fourth-order valence-electron chi connectivity index (χ4n) is 4.13. The Balaban J connectivity index is 1.59. The zero-order valence-corrected chi connectivity index (χ0v) is 19.3. The maximum absolute atomic E-state index is 12.2. The average Bonchev–Trinajstić information content (AvgIpc) is 2.84. The van der Waals surface area contributed by atoms with Gasteiger partial charge in [0.05, 0.1) is 11.1 Å². The van der Waals surface area contributed by atoms with Gasteiger partial charge < -0.3 is 9.64 Å². The van der Waals surface area contributed by atoms with Gasteiger partial charge in [-0.05, 0) is 61.8 Å². The number of carbonyl (C=O) groups excluding carboxylic acids is 1. The van der Waals surface area contributed by atoms with Crippen molar-refractivity contribution in [1.29, 1.82) is 0 Å². The number of nitrogens with zero attached hydrogens (tertiary/aromatic N) is 3. The Labute approximate surface area is 194 Å². The van der Waals surface area contributed by atoms with Crippen molar-refractivity contribution in [3.05, 3.63) is 63.7 Å². The molecule has 2 aromatic carbocycles. The Bertz CT molecular complexity index is 965. The molecule has 1 fully saturated rings. The van der Waals surface area contributed by atoms with Gasteiger partial charge in [-0.15, -0.1) is 0 Å². The number of hydrogen-bond acceptors (Lipinski definition) is 6. The molecule has 1 aliphatic heterocycles. The number of hydrazone groups is 1. The highest BCUT2D eigenvalue weighted by atomic mass is 16.6. The van der Waals surface area contributed by atoms with Crippen molar-refractivity contribution in [2.45, 2.75) is 51.9 Å². The highest BCUT2D eigenvalue weighted by Gasteiger charge is 2.17. The zero-order valence-electron chi connectivity index (χ0n) is 19.3. The first-order chi connectivity index (χ1) is 16.0.